The number of anilines is 1. The fourth-order valence-electron chi connectivity index (χ4n) is 3.53. The lowest BCUT2D eigenvalue weighted by atomic mass is 10.1. The second-order valence-corrected chi connectivity index (χ2v) is 7.59. The van der Waals surface area contributed by atoms with E-state index in [1.165, 1.54) is 6.07 Å². The summed E-state index contributed by atoms with van der Waals surface area (Å²) in [4.78, 5) is 11.5. The lowest BCUT2D eigenvalue weighted by Gasteiger charge is -2.32. The van der Waals surface area contributed by atoms with Crippen molar-refractivity contribution in [3.63, 3.8) is 0 Å². The number of rotatable bonds is 7. The summed E-state index contributed by atoms with van der Waals surface area (Å²) in [7, 11) is 0. The number of nitrogens with zero attached hydrogens (tertiary/aromatic N) is 3. The number of hydrogen-bond donors (Lipinski definition) is 2. The van der Waals surface area contributed by atoms with Crippen molar-refractivity contribution >= 4 is 35.8 Å². The first-order valence-corrected chi connectivity index (χ1v) is 10.6. The number of aliphatic imine (C=N–C) groups is 1. The number of aryl methyl sites for hydroxylation is 1. The maximum Gasteiger partial charge on any atom is 0.191 e. The molecule has 2 N–H and O–H groups in total. The molecule has 31 heavy (non-hydrogen) atoms. The van der Waals surface area contributed by atoms with Crippen molar-refractivity contribution in [2.75, 3.05) is 37.7 Å². The zero-order valence-electron chi connectivity index (χ0n) is 18.5. The van der Waals surface area contributed by atoms with Gasteiger partial charge < -0.3 is 20.3 Å². The Morgan fingerprint density at radius 3 is 2.87 bits per heavy atom. The quantitative estimate of drug-likeness (QED) is 0.319. The van der Waals surface area contributed by atoms with Crippen LogP contribution in [-0.4, -0.2) is 49.8 Å². The molecule has 0 bridgehead atoms. The van der Waals surface area contributed by atoms with Crippen LogP contribution in [-0.2, 0) is 17.7 Å². The Kier molecular flexibility index (Phi) is 10.5. The molecule has 0 radical (unpaired) electrons. The first-order valence-electron chi connectivity index (χ1n) is 10.6. The normalized spacial score (nSPS) is 16.6. The van der Waals surface area contributed by atoms with E-state index < -0.39 is 0 Å². The van der Waals surface area contributed by atoms with Gasteiger partial charge in [0, 0.05) is 32.4 Å². The summed E-state index contributed by atoms with van der Waals surface area (Å²) >= 11 is 0. The number of benzene rings is 1. The highest BCUT2D eigenvalue weighted by Gasteiger charge is 2.18. The number of hydrogen-bond acceptors (Lipinski definition) is 4. The van der Waals surface area contributed by atoms with Gasteiger partial charge in [0.25, 0.3) is 0 Å². The lowest BCUT2D eigenvalue weighted by Crippen LogP contribution is -2.41. The summed E-state index contributed by atoms with van der Waals surface area (Å²) in [6, 6.07) is 9.04. The first kappa shape index (κ1) is 25.3. The van der Waals surface area contributed by atoms with E-state index in [4.69, 9.17) is 9.73 Å². The van der Waals surface area contributed by atoms with Gasteiger partial charge in [0.1, 0.15) is 11.6 Å². The summed E-state index contributed by atoms with van der Waals surface area (Å²) in [5.41, 5.74) is 3.23. The van der Waals surface area contributed by atoms with E-state index in [0.29, 0.717) is 6.54 Å². The highest BCUT2D eigenvalue weighted by atomic mass is 127. The average Bonchev–Trinajstić information content (AvgIpc) is 2.74. The van der Waals surface area contributed by atoms with Gasteiger partial charge in [-0.05, 0) is 68.1 Å². The van der Waals surface area contributed by atoms with Gasteiger partial charge in [0.2, 0.25) is 0 Å². The predicted octanol–water partition coefficient (Wildman–Crippen LogP) is 3.67. The zero-order valence-corrected chi connectivity index (χ0v) is 20.9. The van der Waals surface area contributed by atoms with Gasteiger partial charge in [-0.3, -0.25) is 0 Å². The van der Waals surface area contributed by atoms with Crippen molar-refractivity contribution in [3.8, 4) is 0 Å². The Labute approximate surface area is 201 Å². The molecule has 3 rings (SSSR count). The van der Waals surface area contributed by atoms with E-state index in [1.807, 2.05) is 32.2 Å². The van der Waals surface area contributed by atoms with Crippen molar-refractivity contribution in [1.82, 2.24) is 15.6 Å². The standard InChI is InChI=1S/C23H32FN5O.HI/c1-4-25-23(27-10-8-20-5-6-21(24)13-17(20)2)28-15-19-7-9-26-22(14-19)29-11-12-30-18(3)16-29;/h5-7,9,13-14,18H,4,8,10-12,15-16H2,1-3H3,(H2,25,27,28);1H. The van der Waals surface area contributed by atoms with Crippen LogP contribution < -0.4 is 15.5 Å². The van der Waals surface area contributed by atoms with Crippen LogP contribution in [0.5, 0.6) is 0 Å². The molecule has 1 atom stereocenters. The van der Waals surface area contributed by atoms with E-state index >= 15 is 0 Å². The molecule has 0 saturated carbocycles. The maximum atomic E-state index is 13.3. The van der Waals surface area contributed by atoms with Crippen molar-refractivity contribution in [3.05, 3.63) is 59.0 Å². The van der Waals surface area contributed by atoms with E-state index in [2.05, 4.69) is 33.5 Å². The third-order valence-corrected chi connectivity index (χ3v) is 5.13. The van der Waals surface area contributed by atoms with Crippen molar-refractivity contribution in [2.45, 2.75) is 39.8 Å². The van der Waals surface area contributed by atoms with Crippen LogP contribution in [0.3, 0.4) is 0 Å². The van der Waals surface area contributed by atoms with Gasteiger partial charge in [-0.15, -0.1) is 24.0 Å². The molecule has 170 valence electrons. The Hall–Kier alpha value is -1.94. The van der Waals surface area contributed by atoms with E-state index in [-0.39, 0.29) is 35.9 Å². The molecule has 0 aliphatic carbocycles. The molecule has 6 nitrogen and oxygen atoms in total. The highest BCUT2D eigenvalue weighted by Crippen LogP contribution is 2.17. The number of nitrogens with one attached hydrogen (secondary N) is 2. The average molecular weight is 541 g/mol. The summed E-state index contributed by atoms with van der Waals surface area (Å²) in [6.45, 7) is 10.6. The second-order valence-electron chi connectivity index (χ2n) is 7.59. The molecule has 1 aromatic carbocycles. The molecule has 1 aliphatic heterocycles. The van der Waals surface area contributed by atoms with Gasteiger partial charge in [0.05, 0.1) is 19.3 Å². The van der Waals surface area contributed by atoms with Crippen molar-refractivity contribution in [2.24, 2.45) is 4.99 Å². The number of halogens is 2. The molecular weight excluding hydrogens is 508 g/mol. The fraction of sp³-hybridized carbons (Fsp3) is 0.478. The smallest absolute Gasteiger partial charge is 0.191 e. The number of morpholine rings is 1. The molecule has 1 aromatic heterocycles. The Balaban J connectivity index is 0.00000341. The van der Waals surface area contributed by atoms with Gasteiger partial charge in [-0.1, -0.05) is 6.07 Å². The van der Waals surface area contributed by atoms with Gasteiger partial charge >= 0.3 is 0 Å². The highest BCUT2D eigenvalue weighted by molar-refractivity contribution is 14.0. The number of aromatic nitrogens is 1. The number of ether oxygens (including phenoxy) is 1. The topological polar surface area (TPSA) is 61.8 Å². The third kappa shape index (κ3) is 7.92. The molecule has 1 saturated heterocycles. The van der Waals surface area contributed by atoms with Gasteiger partial charge in [0.15, 0.2) is 5.96 Å². The van der Waals surface area contributed by atoms with Crippen LogP contribution in [0.4, 0.5) is 10.2 Å². The molecule has 2 aromatic rings. The first-order chi connectivity index (χ1) is 14.5. The van der Waals surface area contributed by atoms with Crippen LogP contribution in [0, 0.1) is 12.7 Å². The molecule has 1 fully saturated rings. The van der Waals surface area contributed by atoms with Crippen LogP contribution in [0.1, 0.15) is 30.5 Å². The molecule has 0 spiro atoms. The van der Waals surface area contributed by atoms with Crippen LogP contribution >= 0.6 is 24.0 Å². The predicted molar refractivity (Wildman–Crippen MR) is 135 cm³/mol. The fourth-order valence-corrected chi connectivity index (χ4v) is 3.53. The molecule has 2 heterocycles. The number of pyridine rings is 1. The molecule has 1 aliphatic rings. The van der Waals surface area contributed by atoms with E-state index in [0.717, 1.165) is 67.7 Å². The summed E-state index contributed by atoms with van der Waals surface area (Å²) in [5.74, 6) is 1.56. The summed E-state index contributed by atoms with van der Waals surface area (Å²) < 4.78 is 18.9. The second kappa shape index (κ2) is 12.8. The lowest BCUT2D eigenvalue weighted by molar-refractivity contribution is 0.0529. The zero-order chi connectivity index (χ0) is 21.3. The summed E-state index contributed by atoms with van der Waals surface area (Å²) in [5, 5.41) is 6.65. The molecule has 1 unspecified atom stereocenters. The largest absolute Gasteiger partial charge is 0.375 e. The van der Waals surface area contributed by atoms with Crippen LogP contribution in [0.2, 0.25) is 0 Å². The van der Waals surface area contributed by atoms with E-state index in [9.17, 15) is 4.39 Å². The minimum Gasteiger partial charge on any atom is -0.375 e. The maximum absolute atomic E-state index is 13.3. The molecular formula is C23H33FIN5O. The third-order valence-electron chi connectivity index (χ3n) is 5.13. The SMILES string of the molecule is CCNC(=NCc1ccnc(N2CCOC(C)C2)c1)NCCc1ccc(F)cc1C.I. The van der Waals surface area contributed by atoms with Crippen LogP contribution in [0.15, 0.2) is 41.5 Å². The minimum absolute atomic E-state index is 0. The van der Waals surface area contributed by atoms with Crippen molar-refractivity contribution < 1.29 is 9.13 Å². The minimum atomic E-state index is -0.192. The Bertz CT molecular complexity index is 864. The Morgan fingerprint density at radius 2 is 2.13 bits per heavy atom. The van der Waals surface area contributed by atoms with E-state index in [1.54, 1.807) is 6.07 Å². The van der Waals surface area contributed by atoms with Crippen LogP contribution in [0.25, 0.3) is 0 Å². The molecule has 0 amide bonds. The summed E-state index contributed by atoms with van der Waals surface area (Å²) in [6.07, 6.45) is 2.87. The molecule has 8 heteroatoms. The Morgan fingerprint density at radius 1 is 1.29 bits per heavy atom. The van der Waals surface area contributed by atoms with Gasteiger partial charge in [-0.25, -0.2) is 14.4 Å². The van der Waals surface area contributed by atoms with Crippen molar-refractivity contribution in [1.29, 1.82) is 0 Å². The monoisotopic (exact) mass is 541 g/mol. The van der Waals surface area contributed by atoms with Gasteiger partial charge in [-0.2, -0.15) is 0 Å². The number of guanidine groups is 1.